The van der Waals surface area contributed by atoms with Crippen molar-refractivity contribution >= 4 is 51.2 Å². The Labute approximate surface area is 192 Å². The first-order valence-electron chi connectivity index (χ1n) is 9.48. The standard InChI is InChI=1S/C23H19BrN4O4/c24-19-8-4-5-9-20(19)27-22(30)23(31)28-25-14-16-10-12-18(13-11-16)32-15-21(29)26-17-6-2-1-3-7-17/h1-14H,15H2,(H,26,29)(H,27,30)(H,28,31)/b25-14+. The summed E-state index contributed by atoms with van der Waals surface area (Å²) in [6.45, 7) is -0.134. The highest BCUT2D eigenvalue weighted by atomic mass is 79.9. The van der Waals surface area contributed by atoms with Gasteiger partial charge in [0.2, 0.25) is 0 Å². The molecule has 3 aromatic rings. The van der Waals surface area contributed by atoms with Crippen molar-refractivity contribution in [3.63, 3.8) is 0 Å². The Morgan fingerprint density at radius 1 is 0.844 bits per heavy atom. The monoisotopic (exact) mass is 494 g/mol. The van der Waals surface area contributed by atoms with Gasteiger partial charge in [0, 0.05) is 10.2 Å². The van der Waals surface area contributed by atoms with E-state index in [0.29, 0.717) is 27.2 Å². The van der Waals surface area contributed by atoms with Crippen LogP contribution in [-0.2, 0) is 14.4 Å². The number of hydrazone groups is 1. The Hall–Kier alpha value is -3.98. The molecule has 0 aliphatic carbocycles. The van der Waals surface area contributed by atoms with E-state index in [1.807, 2.05) is 18.2 Å². The van der Waals surface area contributed by atoms with Crippen molar-refractivity contribution in [1.82, 2.24) is 5.43 Å². The van der Waals surface area contributed by atoms with E-state index in [9.17, 15) is 14.4 Å². The number of nitrogens with zero attached hydrogens (tertiary/aromatic N) is 1. The zero-order chi connectivity index (χ0) is 22.8. The molecule has 0 atom stereocenters. The fraction of sp³-hybridized carbons (Fsp3) is 0.0435. The molecule has 0 heterocycles. The second kappa shape index (κ2) is 11.4. The third kappa shape index (κ3) is 7.06. The van der Waals surface area contributed by atoms with Crippen molar-refractivity contribution in [1.29, 1.82) is 0 Å². The summed E-state index contributed by atoms with van der Waals surface area (Å²) in [6, 6.07) is 22.7. The molecule has 0 saturated heterocycles. The predicted molar refractivity (Wildman–Crippen MR) is 126 cm³/mol. The molecule has 3 rings (SSSR count). The Morgan fingerprint density at radius 2 is 1.53 bits per heavy atom. The predicted octanol–water partition coefficient (Wildman–Crippen LogP) is 3.56. The molecule has 3 aromatic carbocycles. The van der Waals surface area contributed by atoms with Crippen LogP contribution < -0.4 is 20.8 Å². The highest BCUT2D eigenvalue weighted by Gasteiger charge is 2.13. The molecule has 8 nitrogen and oxygen atoms in total. The van der Waals surface area contributed by atoms with Gasteiger partial charge in [-0.25, -0.2) is 5.43 Å². The number of nitrogens with one attached hydrogen (secondary N) is 3. The van der Waals surface area contributed by atoms with Gasteiger partial charge in [-0.05, 0) is 70.0 Å². The van der Waals surface area contributed by atoms with Crippen LogP contribution in [0.2, 0.25) is 0 Å². The molecule has 3 amide bonds. The molecular formula is C23H19BrN4O4. The number of carbonyl (C=O) groups is 3. The largest absolute Gasteiger partial charge is 0.484 e. The van der Waals surface area contributed by atoms with Gasteiger partial charge in [0.1, 0.15) is 5.75 Å². The maximum absolute atomic E-state index is 11.9. The molecule has 0 bridgehead atoms. The second-order valence-corrected chi connectivity index (χ2v) is 7.26. The fourth-order valence-corrected chi connectivity index (χ4v) is 2.86. The van der Waals surface area contributed by atoms with E-state index in [0.717, 1.165) is 0 Å². The van der Waals surface area contributed by atoms with E-state index in [-0.39, 0.29) is 12.5 Å². The molecule has 162 valence electrons. The van der Waals surface area contributed by atoms with Crippen molar-refractivity contribution in [2.45, 2.75) is 0 Å². The number of anilines is 2. The average molecular weight is 495 g/mol. The normalized spacial score (nSPS) is 10.4. The molecule has 3 N–H and O–H groups in total. The van der Waals surface area contributed by atoms with Gasteiger partial charge in [-0.3, -0.25) is 14.4 Å². The SMILES string of the molecule is O=C(COc1ccc(/C=N/NC(=O)C(=O)Nc2ccccc2Br)cc1)Nc1ccccc1. The number of ether oxygens (including phenoxy) is 1. The van der Waals surface area contributed by atoms with E-state index in [1.54, 1.807) is 60.7 Å². The molecule has 0 aliphatic heterocycles. The van der Waals surface area contributed by atoms with Gasteiger partial charge in [0.25, 0.3) is 5.91 Å². The molecule has 9 heteroatoms. The van der Waals surface area contributed by atoms with Crippen molar-refractivity contribution < 1.29 is 19.1 Å². The summed E-state index contributed by atoms with van der Waals surface area (Å²) in [5, 5.41) is 8.99. The van der Waals surface area contributed by atoms with Gasteiger partial charge < -0.3 is 15.4 Å². The van der Waals surface area contributed by atoms with Crippen molar-refractivity contribution in [3.8, 4) is 5.75 Å². The molecule has 0 unspecified atom stereocenters. The van der Waals surface area contributed by atoms with Crippen molar-refractivity contribution in [2.75, 3.05) is 17.2 Å². The molecule has 0 saturated carbocycles. The molecule has 0 spiro atoms. The summed E-state index contributed by atoms with van der Waals surface area (Å²) in [6.07, 6.45) is 1.38. The number of hydrogen-bond acceptors (Lipinski definition) is 5. The van der Waals surface area contributed by atoms with Crippen LogP contribution in [0.25, 0.3) is 0 Å². The Morgan fingerprint density at radius 3 is 2.25 bits per heavy atom. The quantitative estimate of drug-likeness (QED) is 0.265. The lowest BCUT2D eigenvalue weighted by molar-refractivity contribution is -0.136. The van der Waals surface area contributed by atoms with Crippen LogP contribution in [0.4, 0.5) is 11.4 Å². The minimum Gasteiger partial charge on any atom is -0.484 e. The van der Waals surface area contributed by atoms with Gasteiger partial charge in [-0.2, -0.15) is 5.10 Å². The molecule has 0 aromatic heterocycles. The number of para-hydroxylation sites is 2. The summed E-state index contributed by atoms with van der Waals surface area (Å²) in [4.78, 5) is 35.7. The summed E-state index contributed by atoms with van der Waals surface area (Å²) in [5.74, 6) is -1.51. The maximum Gasteiger partial charge on any atom is 0.329 e. The molecular weight excluding hydrogens is 476 g/mol. The molecule has 32 heavy (non-hydrogen) atoms. The fourth-order valence-electron chi connectivity index (χ4n) is 2.48. The number of benzene rings is 3. The van der Waals surface area contributed by atoms with Crippen LogP contribution in [0.1, 0.15) is 5.56 Å². The second-order valence-electron chi connectivity index (χ2n) is 6.41. The first-order valence-corrected chi connectivity index (χ1v) is 10.3. The summed E-state index contributed by atoms with van der Waals surface area (Å²) in [5.41, 5.74) is 4.00. The zero-order valence-electron chi connectivity index (χ0n) is 16.7. The van der Waals surface area contributed by atoms with Gasteiger partial charge >= 0.3 is 11.8 Å². The van der Waals surface area contributed by atoms with Gasteiger partial charge in [-0.15, -0.1) is 0 Å². The summed E-state index contributed by atoms with van der Waals surface area (Å²) in [7, 11) is 0. The van der Waals surface area contributed by atoms with E-state index < -0.39 is 11.8 Å². The average Bonchev–Trinajstić information content (AvgIpc) is 2.80. The van der Waals surface area contributed by atoms with Crippen LogP contribution in [-0.4, -0.2) is 30.5 Å². The number of carbonyl (C=O) groups excluding carboxylic acids is 3. The highest BCUT2D eigenvalue weighted by molar-refractivity contribution is 9.10. The lowest BCUT2D eigenvalue weighted by Gasteiger charge is -2.07. The van der Waals surface area contributed by atoms with E-state index in [1.165, 1.54) is 6.21 Å². The van der Waals surface area contributed by atoms with E-state index in [2.05, 4.69) is 37.1 Å². The van der Waals surface area contributed by atoms with Crippen molar-refractivity contribution in [3.05, 3.63) is 88.9 Å². The number of hydrogen-bond donors (Lipinski definition) is 3. The first-order chi connectivity index (χ1) is 15.5. The van der Waals surface area contributed by atoms with Gasteiger partial charge in [0.05, 0.1) is 11.9 Å². The summed E-state index contributed by atoms with van der Waals surface area (Å²) >= 11 is 3.29. The van der Waals surface area contributed by atoms with E-state index in [4.69, 9.17) is 4.74 Å². The lowest BCUT2D eigenvalue weighted by atomic mass is 10.2. The third-order valence-corrected chi connectivity index (χ3v) is 4.71. The van der Waals surface area contributed by atoms with Crippen LogP contribution in [0.5, 0.6) is 5.75 Å². The van der Waals surface area contributed by atoms with E-state index >= 15 is 0 Å². The minimum absolute atomic E-state index is 0.134. The molecule has 0 aliphatic rings. The molecule has 0 radical (unpaired) electrons. The van der Waals surface area contributed by atoms with Crippen LogP contribution >= 0.6 is 15.9 Å². The highest BCUT2D eigenvalue weighted by Crippen LogP contribution is 2.20. The lowest BCUT2D eigenvalue weighted by Crippen LogP contribution is -2.32. The third-order valence-electron chi connectivity index (χ3n) is 4.02. The Balaban J connectivity index is 1.43. The first kappa shape index (κ1) is 22.7. The summed E-state index contributed by atoms with van der Waals surface area (Å²) < 4.78 is 6.11. The van der Waals surface area contributed by atoms with Crippen LogP contribution in [0.3, 0.4) is 0 Å². The van der Waals surface area contributed by atoms with Crippen LogP contribution in [0, 0.1) is 0 Å². The maximum atomic E-state index is 11.9. The van der Waals surface area contributed by atoms with Gasteiger partial charge in [-0.1, -0.05) is 30.3 Å². The number of rotatable bonds is 7. The van der Waals surface area contributed by atoms with Gasteiger partial charge in [0.15, 0.2) is 6.61 Å². The number of halogens is 1. The Kier molecular flexibility index (Phi) is 8.10. The topological polar surface area (TPSA) is 109 Å². The minimum atomic E-state index is -0.901. The smallest absolute Gasteiger partial charge is 0.329 e. The molecule has 0 fully saturated rings. The van der Waals surface area contributed by atoms with Crippen molar-refractivity contribution in [2.24, 2.45) is 5.10 Å². The Bertz CT molecular complexity index is 1120. The van der Waals surface area contributed by atoms with Crippen LogP contribution in [0.15, 0.2) is 88.4 Å². The zero-order valence-corrected chi connectivity index (χ0v) is 18.3. The number of amides is 3.